The first-order valence-electron chi connectivity index (χ1n) is 4.68. The second-order valence-electron chi connectivity index (χ2n) is 3.42. The summed E-state index contributed by atoms with van der Waals surface area (Å²) in [7, 11) is 0. The van der Waals surface area contributed by atoms with Gasteiger partial charge < -0.3 is 10.0 Å². The molecule has 0 aromatic rings. The van der Waals surface area contributed by atoms with Gasteiger partial charge in [-0.15, -0.1) is 0 Å². The molecule has 0 spiro atoms. The largest absolute Gasteiger partial charge is 0.393 e. The Labute approximate surface area is 69.2 Å². The summed E-state index contributed by atoms with van der Waals surface area (Å²) in [6.45, 7) is 7.64. The van der Waals surface area contributed by atoms with E-state index in [2.05, 4.69) is 18.7 Å². The van der Waals surface area contributed by atoms with Crippen LogP contribution in [0, 0.1) is 5.92 Å². The van der Waals surface area contributed by atoms with Crippen LogP contribution in [0.15, 0.2) is 0 Å². The van der Waals surface area contributed by atoms with Crippen LogP contribution in [0.3, 0.4) is 0 Å². The van der Waals surface area contributed by atoms with Crippen molar-refractivity contribution in [3.63, 3.8) is 0 Å². The summed E-state index contributed by atoms with van der Waals surface area (Å²) < 4.78 is 0. The molecule has 1 aliphatic rings. The van der Waals surface area contributed by atoms with E-state index in [0.29, 0.717) is 5.92 Å². The molecule has 0 aliphatic carbocycles. The molecule has 2 heteroatoms. The van der Waals surface area contributed by atoms with Crippen molar-refractivity contribution < 1.29 is 5.11 Å². The van der Waals surface area contributed by atoms with Gasteiger partial charge in [0, 0.05) is 13.1 Å². The molecule has 1 heterocycles. The molecule has 66 valence electrons. The zero-order chi connectivity index (χ0) is 8.27. The van der Waals surface area contributed by atoms with Crippen molar-refractivity contribution >= 4 is 0 Å². The first kappa shape index (κ1) is 9.01. The van der Waals surface area contributed by atoms with Gasteiger partial charge >= 0.3 is 0 Å². The lowest BCUT2D eigenvalue weighted by molar-refractivity contribution is 0.0272. The van der Waals surface area contributed by atoms with Crippen molar-refractivity contribution in [2.75, 3.05) is 19.6 Å². The molecular formula is C9H19NO. The topological polar surface area (TPSA) is 23.5 Å². The molecular weight excluding hydrogens is 138 g/mol. The molecule has 1 fully saturated rings. The van der Waals surface area contributed by atoms with Gasteiger partial charge in [0.1, 0.15) is 0 Å². The highest BCUT2D eigenvalue weighted by molar-refractivity contribution is 4.78. The normalized spacial score (nSPS) is 34.1. The molecule has 2 atom stereocenters. The third-order valence-corrected chi connectivity index (χ3v) is 2.75. The Kier molecular flexibility index (Phi) is 3.34. The second kappa shape index (κ2) is 4.07. The predicted octanol–water partition coefficient (Wildman–Crippen LogP) is 1.10. The van der Waals surface area contributed by atoms with E-state index < -0.39 is 0 Å². The zero-order valence-electron chi connectivity index (χ0n) is 7.58. The van der Waals surface area contributed by atoms with E-state index in [9.17, 15) is 5.11 Å². The van der Waals surface area contributed by atoms with E-state index in [4.69, 9.17) is 0 Å². The lowest BCUT2D eigenvalue weighted by atomic mass is 9.92. The van der Waals surface area contributed by atoms with Gasteiger partial charge in [-0.2, -0.15) is 0 Å². The van der Waals surface area contributed by atoms with Crippen molar-refractivity contribution in [1.82, 2.24) is 4.90 Å². The van der Waals surface area contributed by atoms with Gasteiger partial charge in [-0.3, -0.25) is 0 Å². The first-order chi connectivity index (χ1) is 5.27. The fourth-order valence-corrected chi connectivity index (χ4v) is 1.78. The Morgan fingerprint density at radius 2 is 2.18 bits per heavy atom. The molecule has 0 amide bonds. The number of aliphatic hydroxyl groups excluding tert-OH is 1. The Morgan fingerprint density at radius 3 is 2.73 bits per heavy atom. The molecule has 0 radical (unpaired) electrons. The maximum Gasteiger partial charge on any atom is 0.0592 e. The Balaban J connectivity index is 2.37. The van der Waals surface area contributed by atoms with Crippen LogP contribution in [0.1, 0.15) is 26.7 Å². The first-order valence-corrected chi connectivity index (χ1v) is 4.68. The van der Waals surface area contributed by atoms with Crippen molar-refractivity contribution in [2.45, 2.75) is 32.8 Å². The molecule has 1 saturated heterocycles. The number of likely N-dealkylation sites (tertiary alicyclic amines) is 1. The summed E-state index contributed by atoms with van der Waals surface area (Å²) >= 11 is 0. The van der Waals surface area contributed by atoms with Crippen LogP contribution >= 0.6 is 0 Å². The summed E-state index contributed by atoms with van der Waals surface area (Å²) in [5, 5.41) is 9.56. The molecule has 1 rings (SSSR count). The molecule has 2 nitrogen and oxygen atoms in total. The summed E-state index contributed by atoms with van der Waals surface area (Å²) in [5.41, 5.74) is 0. The Bertz CT molecular complexity index is 116. The SMILES string of the molecule is CC[C@H]1CN(CC)CC[C@H]1O. The Hall–Kier alpha value is -0.0800. The zero-order valence-corrected chi connectivity index (χ0v) is 7.58. The van der Waals surface area contributed by atoms with Crippen LogP contribution in [0.5, 0.6) is 0 Å². The van der Waals surface area contributed by atoms with Gasteiger partial charge in [-0.1, -0.05) is 13.8 Å². The van der Waals surface area contributed by atoms with Gasteiger partial charge in [-0.05, 0) is 25.3 Å². The number of hydrogen-bond donors (Lipinski definition) is 1. The van der Waals surface area contributed by atoms with Crippen molar-refractivity contribution in [3.8, 4) is 0 Å². The van der Waals surface area contributed by atoms with E-state index in [1.807, 2.05) is 0 Å². The van der Waals surface area contributed by atoms with Crippen LogP contribution in [0.4, 0.5) is 0 Å². The summed E-state index contributed by atoms with van der Waals surface area (Å²) in [6, 6.07) is 0. The minimum atomic E-state index is -0.0391. The van der Waals surface area contributed by atoms with Crippen LogP contribution in [-0.2, 0) is 0 Å². The van der Waals surface area contributed by atoms with E-state index >= 15 is 0 Å². The quantitative estimate of drug-likeness (QED) is 0.649. The minimum Gasteiger partial charge on any atom is -0.393 e. The van der Waals surface area contributed by atoms with Crippen molar-refractivity contribution in [1.29, 1.82) is 0 Å². The number of aliphatic hydroxyl groups is 1. The summed E-state index contributed by atoms with van der Waals surface area (Å²) in [4.78, 5) is 2.42. The number of rotatable bonds is 2. The fourth-order valence-electron chi connectivity index (χ4n) is 1.78. The lowest BCUT2D eigenvalue weighted by Gasteiger charge is -2.34. The van der Waals surface area contributed by atoms with Crippen LogP contribution < -0.4 is 0 Å². The smallest absolute Gasteiger partial charge is 0.0592 e. The lowest BCUT2D eigenvalue weighted by Crippen LogP contribution is -2.42. The molecule has 1 aliphatic heterocycles. The number of piperidine rings is 1. The monoisotopic (exact) mass is 157 g/mol. The average molecular weight is 157 g/mol. The molecule has 0 unspecified atom stereocenters. The maximum absolute atomic E-state index is 9.56. The van der Waals surface area contributed by atoms with Gasteiger partial charge in [0.15, 0.2) is 0 Å². The average Bonchev–Trinajstić information content (AvgIpc) is 2.05. The fraction of sp³-hybridized carbons (Fsp3) is 1.00. The van der Waals surface area contributed by atoms with Gasteiger partial charge in [-0.25, -0.2) is 0 Å². The highest BCUT2D eigenvalue weighted by Crippen LogP contribution is 2.19. The van der Waals surface area contributed by atoms with Crippen LogP contribution in [0.25, 0.3) is 0 Å². The third-order valence-electron chi connectivity index (χ3n) is 2.75. The molecule has 0 aromatic carbocycles. The van der Waals surface area contributed by atoms with Crippen molar-refractivity contribution in [2.24, 2.45) is 5.92 Å². The highest BCUT2D eigenvalue weighted by atomic mass is 16.3. The predicted molar refractivity (Wildman–Crippen MR) is 46.5 cm³/mol. The van der Waals surface area contributed by atoms with E-state index in [-0.39, 0.29) is 6.10 Å². The maximum atomic E-state index is 9.56. The molecule has 0 saturated carbocycles. The minimum absolute atomic E-state index is 0.0391. The van der Waals surface area contributed by atoms with E-state index in [1.54, 1.807) is 0 Å². The number of nitrogens with zero attached hydrogens (tertiary/aromatic N) is 1. The van der Waals surface area contributed by atoms with Crippen molar-refractivity contribution in [3.05, 3.63) is 0 Å². The second-order valence-corrected chi connectivity index (χ2v) is 3.42. The standard InChI is InChI=1S/C9H19NO/c1-3-8-7-10(4-2)6-5-9(8)11/h8-9,11H,3-7H2,1-2H3/t8-,9+/m0/s1. The summed E-state index contributed by atoms with van der Waals surface area (Å²) in [5.74, 6) is 0.517. The van der Waals surface area contributed by atoms with Crippen LogP contribution in [-0.4, -0.2) is 35.7 Å². The van der Waals surface area contributed by atoms with E-state index in [0.717, 1.165) is 32.5 Å². The highest BCUT2D eigenvalue weighted by Gasteiger charge is 2.24. The third kappa shape index (κ3) is 2.17. The molecule has 0 aromatic heterocycles. The number of hydrogen-bond acceptors (Lipinski definition) is 2. The van der Waals surface area contributed by atoms with Gasteiger partial charge in [0.2, 0.25) is 0 Å². The van der Waals surface area contributed by atoms with Crippen LogP contribution in [0.2, 0.25) is 0 Å². The molecule has 11 heavy (non-hydrogen) atoms. The van der Waals surface area contributed by atoms with Gasteiger partial charge in [0.05, 0.1) is 6.10 Å². The van der Waals surface area contributed by atoms with Gasteiger partial charge in [0.25, 0.3) is 0 Å². The summed E-state index contributed by atoms with van der Waals surface area (Å²) in [6.07, 6.45) is 2.03. The molecule has 0 bridgehead atoms. The van der Waals surface area contributed by atoms with E-state index in [1.165, 1.54) is 0 Å². The molecule has 1 N–H and O–H groups in total. The Morgan fingerprint density at radius 1 is 1.45 bits per heavy atom.